The molecule has 27 heavy (non-hydrogen) atoms. The summed E-state index contributed by atoms with van der Waals surface area (Å²) in [4.78, 5) is 16.2. The molecule has 1 amide bonds. The van der Waals surface area contributed by atoms with Crippen LogP contribution in [0, 0.1) is 6.92 Å². The molecule has 6 nitrogen and oxygen atoms in total. The van der Waals surface area contributed by atoms with E-state index >= 15 is 0 Å². The predicted octanol–water partition coefficient (Wildman–Crippen LogP) is 2.66. The van der Waals surface area contributed by atoms with Crippen LogP contribution in [0.5, 0.6) is 5.75 Å². The van der Waals surface area contributed by atoms with Gasteiger partial charge in [0.25, 0.3) is 11.6 Å². The maximum absolute atomic E-state index is 13.5. The van der Waals surface area contributed by atoms with E-state index < -0.39 is 30.8 Å². The molecule has 2 aromatic rings. The summed E-state index contributed by atoms with van der Waals surface area (Å²) in [5.74, 6) is -0.749. The van der Waals surface area contributed by atoms with Gasteiger partial charge in [-0.05, 0) is 30.7 Å². The summed E-state index contributed by atoms with van der Waals surface area (Å²) in [6.07, 6.45) is -3.20. The van der Waals surface area contributed by atoms with Crippen molar-refractivity contribution in [1.29, 1.82) is 0 Å². The summed E-state index contributed by atoms with van der Waals surface area (Å²) >= 11 is 0. The lowest BCUT2D eigenvalue weighted by Crippen LogP contribution is -2.57. The van der Waals surface area contributed by atoms with E-state index in [-0.39, 0.29) is 10.7 Å². The van der Waals surface area contributed by atoms with E-state index in [2.05, 4.69) is 10.1 Å². The zero-order chi connectivity index (χ0) is 19.7. The van der Waals surface area contributed by atoms with Crippen molar-refractivity contribution in [2.75, 3.05) is 6.61 Å². The van der Waals surface area contributed by atoms with Gasteiger partial charge in [-0.1, -0.05) is 18.2 Å². The number of ether oxygens (including phenoxy) is 1. The average molecular weight is 379 g/mol. The Hall–Kier alpha value is -2.94. The highest BCUT2D eigenvalue weighted by Crippen LogP contribution is 2.41. The van der Waals surface area contributed by atoms with E-state index in [1.807, 2.05) is 0 Å². The fourth-order valence-electron chi connectivity index (χ4n) is 2.65. The predicted molar refractivity (Wildman–Crippen MR) is 89.9 cm³/mol. The number of aromatic nitrogens is 1. The van der Waals surface area contributed by atoms with Crippen molar-refractivity contribution in [1.82, 2.24) is 9.99 Å². The zero-order valence-electron chi connectivity index (χ0n) is 14.3. The van der Waals surface area contributed by atoms with E-state index in [9.17, 15) is 23.1 Å². The Morgan fingerprint density at radius 3 is 2.56 bits per heavy atom. The Balaban J connectivity index is 1.85. The second-order valence-corrected chi connectivity index (χ2v) is 6.03. The van der Waals surface area contributed by atoms with Gasteiger partial charge in [0.05, 0.1) is 12.1 Å². The number of nitrogens with zero attached hydrogens (tertiary/aromatic N) is 3. The smallest absolute Gasteiger partial charge is 0.438 e. The molecule has 0 saturated heterocycles. The number of hydrogen-bond acceptors (Lipinski definition) is 5. The Morgan fingerprint density at radius 2 is 1.93 bits per heavy atom. The highest BCUT2D eigenvalue weighted by molar-refractivity contribution is 6.03. The van der Waals surface area contributed by atoms with Crippen LogP contribution in [-0.2, 0) is 4.79 Å². The van der Waals surface area contributed by atoms with Crippen molar-refractivity contribution in [3.8, 4) is 5.75 Å². The minimum atomic E-state index is -5.09. The number of para-hydroxylation sites is 1. The monoisotopic (exact) mass is 379 g/mol. The first-order chi connectivity index (χ1) is 12.7. The van der Waals surface area contributed by atoms with Gasteiger partial charge >= 0.3 is 6.18 Å². The van der Waals surface area contributed by atoms with Gasteiger partial charge in [0.2, 0.25) is 0 Å². The first kappa shape index (κ1) is 18.8. The number of benzene rings is 1. The van der Waals surface area contributed by atoms with Gasteiger partial charge in [-0.25, -0.2) is 0 Å². The Labute approximate surface area is 152 Å². The lowest BCUT2D eigenvalue weighted by Gasteiger charge is -2.32. The van der Waals surface area contributed by atoms with Crippen molar-refractivity contribution < 1.29 is 27.8 Å². The molecule has 2 heterocycles. The topological polar surface area (TPSA) is 75.0 Å². The van der Waals surface area contributed by atoms with Crippen LogP contribution >= 0.6 is 0 Å². The molecule has 1 N–H and O–H groups in total. The molecule has 0 fully saturated rings. The Bertz CT molecular complexity index is 871. The van der Waals surface area contributed by atoms with Gasteiger partial charge in [0.15, 0.2) is 6.61 Å². The molecule has 9 heteroatoms. The number of carbonyl (C=O) groups is 1. The molecule has 0 radical (unpaired) electrons. The molecule has 1 aromatic heterocycles. The molecule has 142 valence electrons. The van der Waals surface area contributed by atoms with Crippen molar-refractivity contribution >= 4 is 11.6 Å². The van der Waals surface area contributed by atoms with Crippen molar-refractivity contribution in [3.05, 3.63) is 59.9 Å². The van der Waals surface area contributed by atoms with Crippen LogP contribution in [0.4, 0.5) is 13.2 Å². The first-order valence-corrected chi connectivity index (χ1v) is 8.01. The third-order valence-electron chi connectivity index (χ3n) is 4.13. The number of hydrogen-bond donors (Lipinski definition) is 1. The van der Waals surface area contributed by atoms with E-state index in [1.165, 1.54) is 24.5 Å². The molecule has 1 aliphatic rings. The number of alkyl halides is 3. The van der Waals surface area contributed by atoms with Crippen LogP contribution in [0.1, 0.15) is 17.5 Å². The number of halogens is 3. The Morgan fingerprint density at radius 1 is 1.26 bits per heavy atom. The molecule has 3 rings (SSSR count). The molecule has 1 atom stereocenters. The molecule has 0 spiro atoms. The first-order valence-electron chi connectivity index (χ1n) is 8.01. The molecular formula is C18H16F3N3O3. The summed E-state index contributed by atoms with van der Waals surface area (Å²) in [5.41, 5.74) is -2.44. The SMILES string of the molecule is Cc1ccccc1OCC(=O)N1N=C(c2ccncc2)C[C@]1(O)C(F)(F)F. The Kier molecular flexibility index (Phi) is 4.88. The van der Waals surface area contributed by atoms with Gasteiger partial charge < -0.3 is 9.84 Å². The molecule has 0 saturated carbocycles. The second-order valence-electron chi connectivity index (χ2n) is 6.03. The molecule has 1 aromatic carbocycles. The van der Waals surface area contributed by atoms with Gasteiger partial charge in [0.1, 0.15) is 5.75 Å². The fourth-order valence-corrected chi connectivity index (χ4v) is 2.65. The largest absolute Gasteiger partial charge is 0.483 e. The number of amides is 1. The number of rotatable bonds is 4. The van der Waals surface area contributed by atoms with Crippen molar-refractivity contribution in [2.45, 2.75) is 25.2 Å². The number of pyridine rings is 1. The van der Waals surface area contributed by atoms with Gasteiger partial charge in [-0.15, -0.1) is 0 Å². The normalized spacial score (nSPS) is 19.7. The van der Waals surface area contributed by atoms with Crippen LogP contribution in [0.3, 0.4) is 0 Å². The van der Waals surface area contributed by atoms with Crippen LogP contribution in [-0.4, -0.2) is 45.2 Å². The standard InChI is InChI=1S/C18H16F3N3O3/c1-12-4-2-3-5-15(12)27-11-16(25)24-17(26,18(19,20)21)10-14(23-24)13-6-8-22-9-7-13/h2-9,26H,10-11H2,1H3/t17-/m0/s1. The third-order valence-corrected chi connectivity index (χ3v) is 4.13. The highest BCUT2D eigenvalue weighted by Gasteiger charge is 2.63. The molecule has 0 bridgehead atoms. The number of aliphatic hydroxyl groups is 1. The van der Waals surface area contributed by atoms with Gasteiger partial charge in [-0.3, -0.25) is 9.78 Å². The van der Waals surface area contributed by atoms with E-state index in [1.54, 1.807) is 31.2 Å². The third kappa shape index (κ3) is 3.63. The summed E-state index contributed by atoms with van der Waals surface area (Å²) < 4.78 is 45.8. The quantitative estimate of drug-likeness (QED) is 0.886. The fraction of sp³-hybridized carbons (Fsp3) is 0.278. The minimum absolute atomic E-state index is 0.0566. The number of hydrazone groups is 1. The molecule has 0 aliphatic carbocycles. The van der Waals surface area contributed by atoms with Crippen LogP contribution < -0.4 is 4.74 Å². The maximum Gasteiger partial charge on any atom is 0.438 e. The molecule has 1 aliphatic heterocycles. The number of carbonyl (C=O) groups excluding carboxylic acids is 1. The van der Waals surface area contributed by atoms with Gasteiger partial charge in [0, 0.05) is 18.0 Å². The van der Waals surface area contributed by atoms with E-state index in [0.717, 1.165) is 5.56 Å². The summed E-state index contributed by atoms with van der Waals surface area (Å²) in [5, 5.41) is 14.0. The van der Waals surface area contributed by atoms with E-state index in [0.29, 0.717) is 11.3 Å². The zero-order valence-corrected chi connectivity index (χ0v) is 14.3. The van der Waals surface area contributed by atoms with Crippen LogP contribution in [0.15, 0.2) is 53.9 Å². The van der Waals surface area contributed by atoms with E-state index in [4.69, 9.17) is 4.74 Å². The maximum atomic E-state index is 13.5. The highest BCUT2D eigenvalue weighted by atomic mass is 19.4. The van der Waals surface area contributed by atoms with Crippen molar-refractivity contribution in [2.24, 2.45) is 5.10 Å². The summed E-state index contributed by atoms with van der Waals surface area (Å²) in [6, 6.07) is 9.67. The second kappa shape index (κ2) is 6.99. The van der Waals surface area contributed by atoms with Gasteiger partial charge in [-0.2, -0.15) is 23.3 Å². The van der Waals surface area contributed by atoms with Crippen LogP contribution in [0.2, 0.25) is 0 Å². The van der Waals surface area contributed by atoms with Crippen molar-refractivity contribution in [3.63, 3.8) is 0 Å². The average Bonchev–Trinajstić information content (AvgIpc) is 3.01. The van der Waals surface area contributed by atoms with Crippen LogP contribution in [0.25, 0.3) is 0 Å². The molecular weight excluding hydrogens is 363 g/mol. The molecule has 0 unspecified atom stereocenters. The summed E-state index contributed by atoms with van der Waals surface area (Å²) in [6.45, 7) is 1.04. The lowest BCUT2D eigenvalue weighted by molar-refractivity contribution is -0.302. The lowest BCUT2D eigenvalue weighted by atomic mass is 10.0. The number of aryl methyl sites for hydroxylation is 1. The minimum Gasteiger partial charge on any atom is -0.483 e. The summed E-state index contributed by atoms with van der Waals surface area (Å²) in [7, 11) is 0.